The molecule has 1 heterocycles. The molecule has 0 saturated carbocycles. The first-order valence-corrected chi connectivity index (χ1v) is 8.12. The molecule has 0 bridgehead atoms. The zero-order valence-corrected chi connectivity index (χ0v) is 15.1. The predicted octanol–water partition coefficient (Wildman–Crippen LogP) is 0.828. The molecule has 9 nitrogen and oxygen atoms in total. The van der Waals surface area contributed by atoms with E-state index in [1.165, 1.54) is 0 Å². The van der Waals surface area contributed by atoms with E-state index in [4.69, 9.17) is 15.7 Å². The van der Waals surface area contributed by atoms with Gasteiger partial charge in [0.1, 0.15) is 12.1 Å². The summed E-state index contributed by atoms with van der Waals surface area (Å²) in [4.78, 5) is 43.8. The van der Waals surface area contributed by atoms with E-state index in [2.05, 4.69) is 4.98 Å². The molecule has 1 aromatic rings. The minimum Gasteiger partial charge on any atom is -0.480 e. The van der Waals surface area contributed by atoms with Crippen LogP contribution >= 0.6 is 0 Å². The van der Waals surface area contributed by atoms with Gasteiger partial charge in [0.05, 0.1) is 0 Å². The van der Waals surface area contributed by atoms with Gasteiger partial charge in [-0.3, -0.25) is 19.4 Å². The summed E-state index contributed by atoms with van der Waals surface area (Å²) in [7, 11) is 0. The number of nitrogens with zero attached hydrogens (tertiary/aromatic N) is 2. The lowest BCUT2D eigenvalue weighted by molar-refractivity contribution is -0.233. The number of carboxylic acid groups (broad SMARTS) is 2. The van der Waals surface area contributed by atoms with Crippen LogP contribution in [0.3, 0.4) is 0 Å². The standard InChI is InChI=1S/C17H25N3O6/c1-17(2,3)20(26-14(21)7-6-12(18)15(22)23)13(16(24)25)9-11-5-4-8-19-10-11/h4-5,8,10,12-13H,6-7,9,18H2,1-3H3,(H,22,23)(H,24,25)/t12-,13-/m0/s1. The molecule has 144 valence electrons. The Bertz CT molecular complexity index is 629. The molecule has 0 saturated heterocycles. The summed E-state index contributed by atoms with van der Waals surface area (Å²) in [5.74, 6) is -3.11. The molecule has 9 heteroatoms. The van der Waals surface area contributed by atoms with E-state index < -0.39 is 35.5 Å². The number of aromatic nitrogens is 1. The average molecular weight is 367 g/mol. The van der Waals surface area contributed by atoms with Crippen molar-refractivity contribution >= 4 is 17.9 Å². The predicted molar refractivity (Wildman–Crippen MR) is 91.9 cm³/mol. The first-order valence-electron chi connectivity index (χ1n) is 8.12. The lowest BCUT2D eigenvalue weighted by atomic mass is 10.0. The Hall–Kier alpha value is -2.52. The third kappa shape index (κ3) is 6.77. The van der Waals surface area contributed by atoms with Crippen LogP contribution in [0, 0.1) is 0 Å². The van der Waals surface area contributed by atoms with Gasteiger partial charge in [-0.2, -0.15) is 0 Å². The Morgan fingerprint density at radius 2 is 1.92 bits per heavy atom. The summed E-state index contributed by atoms with van der Waals surface area (Å²) in [5.41, 5.74) is 5.25. The van der Waals surface area contributed by atoms with Crippen LogP contribution < -0.4 is 5.73 Å². The number of carboxylic acids is 2. The van der Waals surface area contributed by atoms with E-state index in [9.17, 15) is 19.5 Å². The Morgan fingerprint density at radius 3 is 2.38 bits per heavy atom. The van der Waals surface area contributed by atoms with Gasteiger partial charge in [0.2, 0.25) is 0 Å². The van der Waals surface area contributed by atoms with Crippen molar-refractivity contribution in [2.75, 3.05) is 0 Å². The van der Waals surface area contributed by atoms with Crippen LogP contribution in [0.4, 0.5) is 0 Å². The van der Waals surface area contributed by atoms with E-state index in [0.29, 0.717) is 5.56 Å². The minimum absolute atomic E-state index is 0.0857. The Labute approximate surface area is 151 Å². The summed E-state index contributed by atoms with van der Waals surface area (Å²) < 4.78 is 0. The molecule has 1 aromatic heterocycles. The highest BCUT2D eigenvalue weighted by atomic mass is 16.7. The molecule has 0 aliphatic heterocycles. The van der Waals surface area contributed by atoms with Crippen molar-refractivity contribution in [2.45, 2.75) is 57.7 Å². The van der Waals surface area contributed by atoms with E-state index in [-0.39, 0.29) is 19.3 Å². The Kier molecular flexibility index (Phi) is 7.66. The number of rotatable bonds is 9. The quantitative estimate of drug-likeness (QED) is 0.541. The van der Waals surface area contributed by atoms with Gasteiger partial charge in [0, 0.05) is 30.8 Å². The van der Waals surface area contributed by atoms with Gasteiger partial charge in [-0.25, -0.2) is 0 Å². The number of carbonyl (C=O) groups excluding carboxylic acids is 1. The number of nitrogens with two attached hydrogens (primary N) is 1. The number of hydrogen-bond donors (Lipinski definition) is 3. The van der Waals surface area contributed by atoms with Crippen LogP contribution in [-0.2, 0) is 25.6 Å². The molecular weight excluding hydrogens is 342 g/mol. The molecule has 0 amide bonds. The first-order chi connectivity index (χ1) is 12.0. The molecule has 0 spiro atoms. The van der Waals surface area contributed by atoms with Gasteiger partial charge in [0.15, 0.2) is 0 Å². The van der Waals surface area contributed by atoms with Crippen LogP contribution in [0.2, 0.25) is 0 Å². The molecular formula is C17H25N3O6. The maximum atomic E-state index is 12.1. The highest BCUT2D eigenvalue weighted by Crippen LogP contribution is 2.21. The second-order valence-corrected chi connectivity index (χ2v) is 6.86. The van der Waals surface area contributed by atoms with Crippen LogP contribution in [0.25, 0.3) is 0 Å². The van der Waals surface area contributed by atoms with Crippen molar-refractivity contribution < 1.29 is 29.4 Å². The zero-order valence-electron chi connectivity index (χ0n) is 15.1. The van der Waals surface area contributed by atoms with Crippen LogP contribution in [0.1, 0.15) is 39.2 Å². The van der Waals surface area contributed by atoms with E-state index in [1.807, 2.05) is 0 Å². The second kappa shape index (κ2) is 9.25. The Morgan fingerprint density at radius 1 is 1.27 bits per heavy atom. The topological polar surface area (TPSA) is 143 Å². The normalized spacial score (nSPS) is 13.9. The second-order valence-electron chi connectivity index (χ2n) is 6.86. The van der Waals surface area contributed by atoms with Crippen molar-refractivity contribution in [1.29, 1.82) is 0 Å². The molecule has 1 rings (SSSR count). The van der Waals surface area contributed by atoms with Gasteiger partial charge < -0.3 is 20.8 Å². The zero-order chi connectivity index (χ0) is 19.9. The number of pyridine rings is 1. The fraction of sp³-hybridized carbons (Fsp3) is 0.529. The minimum atomic E-state index is -1.22. The SMILES string of the molecule is CC(C)(C)N(OC(=O)CC[C@H](N)C(=O)O)[C@@H](Cc1cccnc1)C(=O)O. The summed E-state index contributed by atoms with van der Waals surface area (Å²) in [6.07, 6.45) is 2.87. The van der Waals surface area contributed by atoms with Gasteiger partial charge in [0.25, 0.3) is 0 Å². The van der Waals surface area contributed by atoms with Crippen LogP contribution in [0.5, 0.6) is 0 Å². The maximum absolute atomic E-state index is 12.1. The summed E-state index contributed by atoms with van der Waals surface area (Å²) in [6.45, 7) is 5.13. The molecule has 4 N–H and O–H groups in total. The first kappa shape index (κ1) is 21.5. The molecule has 26 heavy (non-hydrogen) atoms. The molecule has 0 aliphatic rings. The number of aliphatic carboxylic acids is 2. The van der Waals surface area contributed by atoms with E-state index in [0.717, 1.165) is 5.06 Å². The average Bonchev–Trinajstić information content (AvgIpc) is 2.55. The highest BCUT2D eigenvalue weighted by Gasteiger charge is 2.37. The third-order valence-electron chi connectivity index (χ3n) is 3.56. The van der Waals surface area contributed by atoms with Crippen molar-refractivity contribution in [1.82, 2.24) is 10.0 Å². The van der Waals surface area contributed by atoms with Gasteiger partial charge in [-0.1, -0.05) is 6.07 Å². The van der Waals surface area contributed by atoms with Gasteiger partial charge in [-0.05, 0) is 38.8 Å². The number of carbonyl (C=O) groups is 3. The third-order valence-corrected chi connectivity index (χ3v) is 3.56. The fourth-order valence-electron chi connectivity index (χ4n) is 2.23. The van der Waals surface area contributed by atoms with Crippen molar-refractivity contribution in [3.63, 3.8) is 0 Å². The van der Waals surface area contributed by atoms with Crippen LogP contribution in [-0.4, -0.2) is 55.8 Å². The van der Waals surface area contributed by atoms with Crippen molar-refractivity contribution in [3.05, 3.63) is 30.1 Å². The van der Waals surface area contributed by atoms with Crippen LogP contribution in [0.15, 0.2) is 24.5 Å². The van der Waals surface area contributed by atoms with Crippen molar-refractivity contribution in [2.24, 2.45) is 5.73 Å². The Balaban J connectivity index is 2.90. The molecule has 0 aromatic carbocycles. The molecule has 0 aliphatic carbocycles. The number of hydrogen-bond acceptors (Lipinski definition) is 7. The smallest absolute Gasteiger partial charge is 0.325 e. The van der Waals surface area contributed by atoms with Gasteiger partial charge in [-0.15, -0.1) is 5.06 Å². The largest absolute Gasteiger partial charge is 0.480 e. The monoisotopic (exact) mass is 367 g/mol. The van der Waals surface area contributed by atoms with Crippen molar-refractivity contribution in [3.8, 4) is 0 Å². The number of hydroxylamine groups is 2. The summed E-state index contributed by atoms with van der Waals surface area (Å²) in [5, 5.41) is 19.5. The maximum Gasteiger partial charge on any atom is 0.325 e. The fourth-order valence-corrected chi connectivity index (χ4v) is 2.23. The molecule has 2 atom stereocenters. The molecule has 0 radical (unpaired) electrons. The summed E-state index contributed by atoms with van der Waals surface area (Å²) in [6, 6.07) is 1.11. The lowest BCUT2D eigenvalue weighted by Gasteiger charge is -2.37. The lowest BCUT2D eigenvalue weighted by Crippen LogP contribution is -2.53. The van der Waals surface area contributed by atoms with E-state index in [1.54, 1.807) is 45.3 Å². The molecule has 0 fully saturated rings. The summed E-state index contributed by atoms with van der Waals surface area (Å²) >= 11 is 0. The van der Waals surface area contributed by atoms with E-state index >= 15 is 0 Å². The van der Waals surface area contributed by atoms with Gasteiger partial charge >= 0.3 is 17.9 Å². The highest BCUT2D eigenvalue weighted by molar-refractivity contribution is 5.76. The molecule has 0 unspecified atom stereocenters.